The van der Waals surface area contributed by atoms with Gasteiger partial charge >= 0.3 is 5.97 Å². The molecule has 0 bridgehead atoms. The number of unbranched alkanes of at least 4 members (excludes halogenated alkanes) is 2. The third-order valence-electron chi connectivity index (χ3n) is 2.36. The summed E-state index contributed by atoms with van der Waals surface area (Å²) >= 11 is 0. The number of ether oxygens (including phenoxy) is 1. The van der Waals surface area contributed by atoms with Gasteiger partial charge in [0.15, 0.2) is 0 Å². The molecule has 0 spiro atoms. The molecule has 5 nitrogen and oxygen atoms in total. The SMILES string of the molecule is COC(=O)[C@@H](CCCCC#N)NC(=O)C(C)C. The molecule has 0 aromatic carbocycles. The van der Waals surface area contributed by atoms with Gasteiger partial charge in [-0.05, 0) is 19.3 Å². The number of rotatable bonds is 7. The second-order valence-corrected chi connectivity index (χ2v) is 4.14. The van der Waals surface area contributed by atoms with Crippen LogP contribution in [0.3, 0.4) is 0 Å². The molecule has 0 rings (SSSR count). The molecule has 0 aliphatic rings. The molecule has 0 radical (unpaired) electrons. The van der Waals surface area contributed by atoms with Crippen LogP contribution in [-0.4, -0.2) is 25.0 Å². The van der Waals surface area contributed by atoms with E-state index in [1.165, 1.54) is 7.11 Å². The molecule has 5 heteroatoms. The van der Waals surface area contributed by atoms with E-state index < -0.39 is 12.0 Å². The van der Waals surface area contributed by atoms with Crippen molar-refractivity contribution in [2.75, 3.05) is 7.11 Å². The molecule has 0 aliphatic carbocycles. The van der Waals surface area contributed by atoms with E-state index in [0.29, 0.717) is 19.3 Å². The molecule has 0 unspecified atom stereocenters. The molecule has 17 heavy (non-hydrogen) atoms. The molecule has 1 N–H and O–H groups in total. The normalized spacial score (nSPS) is 11.7. The Hall–Kier alpha value is -1.57. The van der Waals surface area contributed by atoms with Crippen molar-refractivity contribution >= 4 is 11.9 Å². The Labute approximate surface area is 102 Å². The largest absolute Gasteiger partial charge is 0.467 e. The molecule has 0 saturated carbocycles. The molecule has 0 fully saturated rings. The van der Waals surface area contributed by atoms with Gasteiger partial charge in [0.2, 0.25) is 5.91 Å². The predicted octanol–water partition coefficient (Wildman–Crippen LogP) is 1.38. The summed E-state index contributed by atoms with van der Waals surface area (Å²) in [6, 6.07) is 1.44. The second-order valence-electron chi connectivity index (χ2n) is 4.14. The fourth-order valence-electron chi connectivity index (χ4n) is 1.28. The predicted molar refractivity (Wildman–Crippen MR) is 62.9 cm³/mol. The summed E-state index contributed by atoms with van der Waals surface area (Å²) in [4.78, 5) is 22.9. The summed E-state index contributed by atoms with van der Waals surface area (Å²) in [6.07, 6.45) is 2.41. The van der Waals surface area contributed by atoms with E-state index in [4.69, 9.17) is 5.26 Å². The zero-order valence-electron chi connectivity index (χ0n) is 10.7. The Balaban J connectivity index is 4.20. The first-order valence-electron chi connectivity index (χ1n) is 5.78. The van der Waals surface area contributed by atoms with Crippen molar-refractivity contribution in [2.24, 2.45) is 5.92 Å². The number of carbonyl (C=O) groups excluding carboxylic acids is 2. The molecule has 0 heterocycles. The Morgan fingerprint density at radius 1 is 1.35 bits per heavy atom. The summed E-state index contributed by atoms with van der Waals surface area (Å²) in [6.45, 7) is 3.53. The third kappa shape index (κ3) is 6.56. The van der Waals surface area contributed by atoms with Crippen molar-refractivity contribution in [1.82, 2.24) is 5.32 Å². The molecule has 0 aromatic heterocycles. The zero-order chi connectivity index (χ0) is 13.3. The number of hydrogen-bond acceptors (Lipinski definition) is 4. The van der Waals surface area contributed by atoms with Gasteiger partial charge < -0.3 is 10.1 Å². The first-order valence-corrected chi connectivity index (χ1v) is 5.78. The Bertz CT molecular complexity index is 295. The van der Waals surface area contributed by atoms with Crippen LogP contribution in [0.5, 0.6) is 0 Å². The number of carbonyl (C=O) groups is 2. The first-order chi connectivity index (χ1) is 8.02. The molecular formula is C12H20N2O3. The van der Waals surface area contributed by atoms with Crippen molar-refractivity contribution in [3.05, 3.63) is 0 Å². The van der Waals surface area contributed by atoms with Crippen molar-refractivity contribution in [3.63, 3.8) is 0 Å². The van der Waals surface area contributed by atoms with Crippen LogP contribution in [0.15, 0.2) is 0 Å². The van der Waals surface area contributed by atoms with Gasteiger partial charge in [0.25, 0.3) is 0 Å². The highest BCUT2D eigenvalue weighted by atomic mass is 16.5. The Kier molecular flexibility index (Phi) is 7.78. The van der Waals surface area contributed by atoms with Crippen LogP contribution in [0.1, 0.15) is 39.5 Å². The Morgan fingerprint density at radius 2 is 2.00 bits per heavy atom. The van der Waals surface area contributed by atoms with Gasteiger partial charge in [-0.25, -0.2) is 4.79 Å². The highest BCUT2D eigenvalue weighted by Crippen LogP contribution is 2.06. The lowest BCUT2D eigenvalue weighted by atomic mass is 10.1. The van der Waals surface area contributed by atoms with Gasteiger partial charge in [-0.3, -0.25) is 4.79 Å². The van der Waals surface area contributed by atoms with E-state index in [0.717, 1.165) is 6.42 Å². The van der Waals surface area contributed by atoms with Gasteiger partial charge in [0.1, 0.15) is 6.04 Å². The topological polar surface area (TPSA) is 79.2 Å². The van der Waals surface area contributed by atoms with Gasteiger partial charge in [-0.15, -0.1) is 0 Å². The van der Waals surface area contributed by atoms with Gasteiger partial charge in [0.05, 0.1) is 13.2 Å². The Morgan fingerprint density at radius 3 is 2.47 bits per heavy atom. The van der Waals surface area contributed by atoms with E-state index in [-0.39, 0.29) is 11.8 Å². The quantitative estimate of drug-likeness (QED) is 0.538. The van der Waals surface area contributed by atoms with E-state index in [1.54, 1.807) is 13.8 Å². The number of methoxy groups -OCH3 is 1. The van der Waals surface area contributed by atoms with Crippen LogP contribution in [0.2, 0.25) is 0 Å². The number of esters is 1. The minimum absolute atomic E-state index is 0.165. The molecule has 1 amide bonds. The first kappa shape index (κ1) is 15.4. The fourth-order valence-corrected chi connectivity index (χ4v) is 1.28. The molecule has 0 saturated heterocycles. The summed E-state index contributed by atoms with van der Waals surface area (Å²) in [5, 5.41) is 11.0. The monoisotopic (exact) mass is 240 g/mol. The number of nitrogens with zero attached hydrogens (tertiary/aromatic N) is 1. The van der Waals surface area contributed by atoms with Crippen LogP contribution in [0.4, 0.5) is 0 Å². The minimum Gasteiger partial charge on any atom is -0.467 e. The summed E-state index contributed by atoms with van der Waals surface area (Å²) < 4.78 is 4.63. The standard InChI is InChI=1S/C12H20N2O3/c1-9(2)11(15)14-10(12(16)17-3)7-5-4-6-8-13/h9-10H,4-7H2,1-3H3,(H,14,15)/t10-/m1/s1. The maximum atomic E-state index is 11.5. The number of nitrogens with one attached hydrogen (secondary N) is 1. The molecule has 96 valence electrons. The van der Waals surface area contributed by atoms with Gasteiger partial charge in [-0.2, -0.15) is 5.26 Å². The minimum atomic E-state index is -0.603. The molecular weight excluding hydrogens is 220 g/mol. The number of nitriles is 1. The molecule has 1 atom stereocenters. The van der Waals surface area contributed by atoms with Crippen LogP contribution in [-0.2, 0) is 14.3 Å². The van der Waals surface area contributed by atoms with Crippen LogP contribution >= 0.6 is 0 Å². The van der Waals surface area contributed by atoms with Crippen LogP contribution < -0.4 is 5.32 Å². The lowest BCUT2D eigenvalue weighted by Gasteiger charge is -2.17. The van der Waals surface area contributed by atoms with E-state index in [1.807, 2.05) is 6.07 Å². The van der Waals surface area contributed by atoms with Crippen LogP contribution in [0, 0.1) is 17.2 Å². The van der Waals surface area contributed by atoms with Gasteiger partial charge in [0, 0.05) is 12.3 Å². The average molecular weight is 240 g/mol. The molecule has 0 aliphatic heterocycles. The highest BCUT2D eigenvalue weighted by molar-refractivity contribution is 5.85. The second kappa shape index (κ2) is 8.57. The van der Waals surface area contributed by atoms with E-state index >= 15 is 0 Å². The lowest BCUT2D eigenvalue weighted by Crippen LogP contribution is -2.43. The maximum Gasteiger partial charge on any atom is 0.328 e. The van der Waals surface area contributed by atoms with Crippen molar-refractivity contribution in [1.29, 1.82) is 5.26 Å². The fraction of sp³-hybridized carbons (Fsp3) is 0.750. The molecule has 0 aromatic rings. The number of hydrogen-bond donors (Lipinski definition) is 1. The third-order valence-corrected chi connectivity index (χ3v) is 2.36. The zero-order valence-corrected chi connectivity index (χ0v) is 10.7. The highest BCUT2D eigenvalue weighted by Gasteiger charge is 2.21. The summed E-state index contributed by atoms with van der Waals surface area (Å²) in [5.74, 6) is -0.766. The maximum absolute atomic E-state index is 11.5. The number of amides is 1. The smallest absolute Gasteiger partial charge is 0.328 e. The average Bonchev–Trinajstić information content (AvgIpc) is 2.31. The van der Waals surface area contributed by atoms with Crippen molar-refractivity contribution in [3.8, 4) is 6.07 Å². The summed E-state index contributed by atoms with van der Waals surface area (Å²) in [7, 11) is 1.30. The van der Waals surface area contributed by atoms with E-state index in [9.17, 15) is 9.59 Å². The van der Waals surface area contributed by atoms with Crippen LogP contribution in [0.25, 0.3) is 0 Å². The van der Waals surface area contributed by atoms with Crippen molar-refractivity contribution < 1.29 is 14.3 Å². The summed E-state index contributed by atoms with van der Waals surface area (Å²) in [5.41, 5.74) is 0. The van der Waals surface area contributed by atoms with Crippen molar-refractivity contribution in [2.45, 2.75) is 45.6 Å². The van der Waals surface area contributed by atoms with Gasteiger partial charge in [-0.1, -0.05) is 13.8 Å². The lowest BCUT2D eigenvalue weighted by molar-refractivity contribution is -0.145. The van der Waals surface area contributed by atoms with E-state index in [2.05, 4.69) is 10.1 Å².